The van der Waals surface area contributed by atoms with Crippen LogP contribution in [0, 0.1) is 5.82 Å². The first-order valence-electron chi connectivity index (χ1n) is 8.89. The molecule has 0 spiro atoms. The molecule has 0 saturated heterocycles. The lowest BCUT2D eigenvalue weighted by molar-refractivity contribution is -0.118. The van der Waals surface area contributed by atoms with Crippen LogP contribution in [0.25, 0.3) is 11.4 Å². The van der Waals surface area contributed by atoms with Crippen molar-refractivity contribution in [3.05, 3.63) is 59.9 Å². The van der Waals surface area contributed by atoms with Gasteiger partial charge in [-0.2, -0.15) is 5.10 Å². The van der Waals surface area contributed by atoms with Crippen LogP contribution in [0.15, 0.2) is 58.8 Å². The Morgan fingerprint density at radius 3 is 2.69 bits per heavy atom. The lowest BCUT2D eigenvalue weighted by Gasteiger charge is -2.07. The van der Waals surface area contributed by atoms with Crippen molar-refractivity contribution in [3.8, 4) is 17.1 Å². The highest BCUT2D eigenvalue weighted by Gasteiger charge is 2.14. The molecule has 29 heavy (non-hydrogen) atoms. The van der Waals surface area contributed by atoms with Crippen molar-refractivity contribution in [3.63, 3.8) is 0 Å². The number of hydrazone groups is 1. The minimum absolute atomic E-state index is 0.107. The zero-order chi connectivity index (χ0) is 20.6. The number of methoxy groups -OCH3 is 1. The number of thioether (sulfide) groups is 1. The van der Waals surface area contributed by atoms with Gasteiger partial charge in [0.15, 0.2) is 11.0 Å². The number of aromatic nitrogens is 3. The van der Waals surface area contributed by atoms with E-state index < -0.39 is 5.82 Å². The maximum atomic E-state index is 13.5. The Balaban J connectivity index is 1.61. The summed E-state index contributed by atoms with van der Waals surface area (Å²) in [4.78, 5) is 12.0. The molecule has 150 valence electrons. The molecule has 0 bridgehead atoms. The van der Waals surface area contributed by atoms with Gasteiger partial charge < -0.3 is 9.30 Å². The van der Waals surface area contributed by atoms with Crippen LogP contribution in [0.1, 0.15) is 12.5 Å². The molecule has 0 aliphatic carbocycles. The number of carbonyl (C=O) groups is 1. The number of carbonyl (C=O) groups excluding carboxylic acids is 1. The number of hydrogen-bond donors (Lipinski definition) is 1. The summed E-state index contributed by atoms with van der Waals surface area (Å²) in [5.74, 6) is 0.866. The Bertz CT molecular complexity index is 1000. The SMILES string of the molecule is CCn1c(SCC(=O)N/N=C/c2ccccc2F)nnc1-c1ccc(OC)cc1. The molecule has 3 aromatic rings. The van der Waals surface area contributed by atoms with Crippen molar-refractivity contribution in [1.82, 2.24) is 20.2 Å². The fourth-order valence-electron chi connectivity index (χ4n) is 2.55. The largest absolute Gasteiger partial charge is 0.497 e. The van der Waals surface area contributed by atoms with Gasteiger partial charge in [0.2, 0.25) is 0 Å². The molecule has 0 saturated carbocycles. The lowest BCUT2D eigenvalue weighted by Crippen LogP contribution is -2.20. The summed E-state index contributed by atoms with van der Waals surface area (Å²) in [6.07, 6.45) is 1.27. The van der Waals surface area contributed by atoms with Crippen LogP contribution in [0.2, 0.25) is 0 Å². The van der Waals surface area contributed by atoms with Gasteiger partial charge in [0.25, 0.3) is 5.91 Å². The quantitative estimate of drug-likeness (QED) is 0.348. The molecule has 0 aliphatic rings. The summed E-state index contributed by atoms with van der Waals surface area (Å²) < 4.78 is 20.6. The normalized spacial score (nSPS) is 11.0. The van der Waals surface area contributed by atoms with Crippen LogP contribution in [0.5, 0.6) is 5.75 Å². The molecule has 9 heteroatoms. The van der Waals surface area contributed by atoms with Crippen molar-refractivity contribution >= 4 is 23.9 Å². The number of rotatable bonds is 8. The fourth-order valence-corrected chi connectivity index (χ4v) is 3.34. The van der Waals surface area contributed by atoms with E-state index in [1.165, 1.54) is 24.0 Å². The first-order chi connectivity index (χ1) is 14.1. The van der Waals surface area contributed by atoms with Gasteiger partial charge in [-0.15, -0.1) is 10.2 Å². The zero-order valence-electron chi connectivity index (χ0n) is 16.0. The fraction of sp³-hybridized carbons (Fsp3) is 0.200. The molecule has 0 aliphatic heterocycles. The van der Waals surface area contributed by atoms with Crippen LogP contribution in [-0.2, 0) is 11.3 Å². The zero-order valence-corrected chi connectivity index (χ0v) is 16.8. The monoisotopic (exact) mass is 413 g/mol. The summed E-state index contributed by atoms with van der Waals surface area (Å²) >= 11 is 1.26. The van der Waals surface area contributed by atoms with Gasteiger partial charge in [0.05, 0.1) is 19.1 Å². The highest BCUT2D eigenvalue weighted by atomic mass is 32.2. The summed E-state index contributed by atoms with van der Waals surface area (Å²) in [5, 5.41) is 12.9. The molecule has 3 rings (SSSR count). The second-order valence-corrected chi connectivity index (χ2v) is 6.82. The maximum absolute atomic E-state index is 13.5. The van der Waals surface area contributed by atoms with Crippen LogP contribution in [-0.4, -0.2) is 39.7 Å². The summed E-state index contributed by atoms with van der Waals surface area (Å²) in [5.41, 5.74) is 3.60. The number of nitrogens with zero attached hydrogens (tertiary/aromatic N) is 4. The second kappa shape index (κ2) is 9.83. The average molecular weight is 413 g/mol. The molecule has 1 heterocycles. The van der Waals surface area contributed by atoms with Gasteiger partial charge in [-0.25, -0.2) is 9.82 Å². The first kappa shape index (κ1) is 20.5. The predicted octanol–water partition coefficient (Wildman–Crippen LogP) is 3.36. The summed E-state index contributed by atoms with van der Waals surface area (Å²) in [7, 11) is 1.61. The van der Waals surface area contributed by atoms with Crippen molar-refractivity contribution in [2.45, 2.75) is 18.6 Å². The maximum Gasteiger partial charge on any atom is 0.250 e. The van der Waals surface area contributed by atoms with E-state index in [1.807, 2.05) is 35.8 Å². The van der Waals surface area contributed by atoms with Crippen molar-refractivity contribution < 1.29 is 13.9 Å². The van der Waals surface area contributed by atoms with E-state index in [9.17, 15) is 9.18 Å². The van der Waals surface area contributed by atoms with Gasteiger partial charge in [0, 0.05) is 17.7 Å². The van der Waals surface area contributed by atoms with E-state index >= 15 is 0 Å². The van der Waals surface area contributed by atoms with Gasteiger partial charge in [-0.3, -0.25) is 4.79 Å². The molecule has 1 aromatic heterocycles. The van der Waals surface area contributed by atoms with Gasteiger partial charge in [0.1, 0.15) is 11.6 Å². The topological polar surface area (TPSA) is 81.4 Å². The van der Waals surface area contributed by atoms with E-state index in [-0.39, 0.29) is 11.7 Å². The third-order valence-corrected chi connectivity index (χ3v) is 4.98. The third kappa shape index (κ3) is 5.20. The molecule has 0 atom stereocenters. The minimum Gasteiger partial charge on any atom is -0.497 e. The van der Waals surface area contributed by atoms with Crippen LogP contribution in [0.4, 0.5) is 4.39 Å². The predicted molar refractivity (Wildman–Crippen MR) is 111 cm³/mol. The number of hydrogen-bond acceptors (Lipinski definition) is 6. The van der Waals surface area contributed by atoms with E-state index in [4.69, 9.17) is 4.74 Å². The van der Waals surface area contributed by atoms with Crippen molar-refractivity contribution in [2.75, 3.05) is 12.9 Å². The Labute approximate surface area is 172 Å². The Morgan fingerprint density at radius 2 is 2.00 bits per heavy atom. The highest BCUT2D eigenvalue weighted by molar-refractivity contribution is 7.99. The molecule has 1 N–H and O–H groups in total. The van der Waals surface area contributed by atoms with Gasteiger partial charge in [-0.05, 0) is 37.3 Å². The number of halogens is 1. The van der Waals surface area contributed by atoms with Crippen LogP contribution < -0.4 is 10.2 Å². The Morgan fingerprint density at radius 1 is 1.24 bits per heavy atom. The minimum atomic E-state index is -0.401. The summed E-state index contributed by atoms with van der Waals surface area (Å²) in [6, 6.07) is 13.7. The third-order valence-electron chi connectivity index (χ3n) is 4.01. The van der Waals surface area contributed by atoms with E-state index in [0.717, 1.165) is 17.1 Å². The van der Waals surface area contributed by atoms with E-state index in [2.05, 4.69) is 20.7 Å². The smallest absolute Gasteiger partial charge is 0.250 e. The van der Waals surface area contributed by atoms with Gasteiger partial charge in [-0.1, -0.05) is 30.0 Å². The van der Waals surface area contributed by atoms with E-state index in [0.29, 0.717) is 17.3 Å². The molecule has 1 amide bonds. The first-order valence-corrected chi connectivity index (χ1v) is 9.87. The average Bonchev–Trinajstić information content (AvgIpc) is 3.16. The number of benzene rings is 2. The number of nitrogens with one attached hydrogen (secondary N) is 1. The molecule has 0 fully saturated rings. The molecule has 2 aromatic carbocycles. The standard InChI is InChI=1S/C20H20FN5O2S/c1-3-26-19(14-8-10-16(28-2)11-9-14)24-25-20(26)29-13-18(27)23-22-12-15-6-4-5-7-17(15)21/h4-12H,3,13H2,1-2H3,(H,23,27)/b22-12+. The van der Waals surface area contributed by atoms with E-state index in [1.54, 1.807) is 25.3 Å². The molecular weight excluding hydrogens is 393 g/mol. The Kier molecular flexibility index (Phi) is 6.96. The molecule has 0 radical (unpaired) electrons. The summed E-state index contributed by atoms with van der Waals surface area (Å²) in [6.45, 7) is 2.64. The molecule has 0 unspecified atom stereocenters. The van der Waals surface area contributed by atoms with Crippen molar-refractivity contribution in [1.29, 1.82) is 0 Å². The van der Waals surface area contributed by atoms with Gasteiger partial charge >= 0.3 is 0 Å². The lowest BCUT2D eigenvalue weighted by atomic mass is 10.2. The molecule has 7 nitrogen and oxygen atoms in total. The molecular formula is C20H20FN5O2S. The van der Waals surface area contributed by atoms with Crippen LogP contribution in [0.3, 0.4) is 0 Å². The van der Waals surface area contributed by atoms with Crippen LogP contribution >= 0.6 is 11.8 Å². The number of ether oxygens (including phenoxy) is 1. The van der Waals surface area contributed by atoms with Crippen molar-refractivity contribution in [2.24, 2.45) is 5.10 Å². The number of amides is 1. The highest BCUT2D eigenvalue weighted by Crippen LogP contribution is 2.25. The Hall–Kier alpha value is -3.20. The second-order valence-electron chi connectivity index (χ2n) is 5.88.